The highest BCUT2D eigenvalue weighted by atomic mass is 31.2. The number of allylic oxidation sites excluding steroid dienone is 4. The lowest BCUT2D eigenvalue weighted by molar-refractivity contribution is -0.161. The zero-order chi connectivity index (χ0) is 70.7. The Balaban J connectivity index is 5.23. The minimum absolute atomic E-state index is 0.100. The quantitative estimate of drug-likeness (QED) is 0.0169. The van der Waals surface area contributed by atoms with Crippen LogP contribution < -0.4 is 0 Å². The van der Waals surface area contributed by atoms with Gasteiger partial charge in [-0.3, -0.25) is 37.3 Å². The molecule has 5 atom stereocenters. The molecule has 0 aliphatic carbocycles. The summed E-state index contributed by atoms with van der Waals surface area (Å²) in [5.74, 6) is -0.753. The summed E-state index contributed by atoms with van der Waals surface area (Å²) in [6, 6.07) is 0. The van der Waals surface area contributed by atoms with E-state index in [1.54, 1.807) is 0 Å². The molecule has 0 fully saturated rings. The third-order valence-electron chi connectivity index (χ3n) is 17.3. The lowest BCUT2D eigenvalue weighted by Crippen LogP contribution is -2.30. The second kappa shape index (κ2) is 68.3. The molecule has 2 unspecified atom stereocenters. The monoisotopic (exact) mass is 1410 g/mol. The first-order valence-corrected chi connectivity index (χ1v) is 42.3. The number of hydrogen-bond acceptors (Lipinski definition) is 15. The van der Waals surface area contributed by atoms with Crippen LogP contribution in [0.2, 0.25) is 0 Å². The van der Waals surface area contributed by atoms with Crippen molar-refractivity contribution in [3.8, 4) is 0 Å². The van der Waals surface area contributed by atoms with Crippen LogP contribution in [-0.2, 0) is 65.4 Å². The van der Waals surface area contributed by atoms with Gasteiger partial charge in [0.25, 0.3) is 0 Å². The molecule has 0 aliphatic rings. The van der Waals surface area contributed by atoms with E-state index in [9.17, 15) is 43.2 Å². The zero-order valence-corrected chi connectivity index (χ0v) is 63.9. The Kier molecular flexibility index (Phi) is 66.6. The first kappa shape index (κ1) is 93.5. The summed E-state index contributed by atoms with van der Waals surface area (Å²) >= 11 is 0. The second-order valence-electron chi connectivity index (χ2n) is 28.0. The second-order valence-corrected chi connectivity index (χ2v) is 30.9. The predicted molar refractivity (Wildman–Crippen MR) is 391 cm³/mol. The summed E-state index contributed by atoms with van der Waals surface area (Å²) in [6.45, 7) is 9.40. The highest BCUT2D eigenvalue weighted by Gasteiger charge is 2.30. The van der Waals surface area contributed by atoms with Crippen LogP contribution in [-0.4, -0.2) is 96.7 Å². The third-order valence-corrected chi connectivity index (χ3v) is 19.2. The number of phosphoric ester groups is 2. The number of aliphatic hydroxyl groups excluding tert-OH is 1. The molecule has 0 aliphatic heterocycles. The maximum Gasteiger partial charge on any atom is 0.472 e. The zero-order valence-electron chi connectivity index (χ0n) is 62.2. The van der Waals surface area contributed by atoms with Crippen molar-refractivity contribution in [1.29, 1.82) is 0 Å². The van der Waals surface area contributed by atoms with Gasteiger partial charge in [0.05, 0.1) is 26.4 Å². The maximum absolute atomic E-state index is 13.1. The molecule has 96 heavy (non-hydrogen) atoms. The van der Waals surface area contributed by atoms with Crippen molar-refractivity contribution in [2.75, 3.05) is 39.6 Å². The van der Waals surface area contributed by atoms with Gasteiger partial charge >= 0.3 is 39.5 Å². The summed E-state index contributed by atoms with van der Waals surface area (Å²) in [7, 11) is -9.92. The number of hydrogen-bond donors (Lipinski definition) is 3. The molecule has 0 spiro atoms. The van der Waals surface area contributed by atoms with Crippen molar-refractivity contribution >= 4 is 39.5 Å². The standard InChI is InChI=1S/C77H146O17P2/c1-7-9-11-13-15-17-19-21-23-24-25-26-27-28-30-32-34-36-42-49-55-61-76(81)93-72(65-87-74(79)59-53-47-41-35-33-31-29-22-20-18-16-14-12-10-8-2)67-91-95(83,84)89-63-71(78)64-90-96(85,86)92-68-73(94-77(82)62-56-50-44-38-40-46-52-58-70(5)6)66-88-75(80)60-54-48-43-37-39-45-51-57-69(3)4/h18,20,22,29,69-73,78H,7-17,19,21,23-28,30-68H2,1-6H3,(H,83,84)(H,85,86)/b20-18-,29-22-/t71-,72-,73-/m1/s1. The molecule has 0 amide bonds. The molecule has 0 aromatic heterocycles. The molecule has 19 heteroatoms. The van der Waals surface area contributed by atoms with Gasteiger partial charge in [0.1, 0.15) is 19.3 Å². The molecule has 0 heterocycles. The van der Waals surface area contributed by atoms with Gasteiger partial charge in [-0.15, -0.1) is 0 Å². The average Bonchev–Trinajstić information content (AvgIpc) is 1.91. The van der Waals surface area contributed by atoms with Crippen molar-refractivity contribution in [1.82, 2.24) is 0 Å². The van der Waals surface area contributed by atoms with E-state index in [2.05, 4.69) is 65.8 Å². The lowest BCUT2D eigenvalue weighted by Gasteiger charge is -2.21. The molecule has 17 nitrogen and oxygen atoms in total. The van der Waals surface area contributed by atoms with Gasteiger partial charge in [-0.25, -0.2) is 9.13 Å². The fraction of sp³-hybridized carbons (Fsp3) is 0.896. The normalized spacial score (nSPS) is 14.2. The molecular formula is C77H146O17P2. The molecular weight excluding hydrogens is 1260 g/mol. The van der Waals surface area contributed by atoms with Crippen molar-refractivity contribution in [2.24, 2.45) is 11.8 Å². The minimum atomic E-state index is -4.97. The fourth-order valence-electron chi connectivity index (χ4n) is 11.3. The first-order valence-electron chi connectivity index (χ1n) is 39.3. The van der Waals surface area contributed by atoms with E-state index >= 15 is 0 Å². The number of rotatable bonds is 74. The molecule has 566 valence electrons. The minimum Gasteiger partial charge on any atom is -0.462 e. The van der Waals surface area contributed by atoms with E-state index in [1.165, 1.54) is 167 Å². The average molecular weight is 1410 g/mol. The molecule has 0 rings (SSSR count). The number of carbonyl (C=O) groups excluding carboxylic acids is 4. The van der Waals surface area contributed by atoms with Crippen LogP contribution in [0.5, 0.6) is 0 Å². The van der Waals surface area contributed by atoms with Gasteiger partial charge < -0.3 is 33.8 Å². The Hall–Kier alpha value is -2.46. The van der Waals surface area contributed by atoms with Crippen LogP contribution >= 0.6 is 15.6 Å². The van der Waals surface area contributed by atoms with Crippen LogP contribution in [0.15, 0.2) is 24.3 Å². The van der Waals surface area contributed by atoms with Crippen molar-refractivity contribution in [3.05, 3.63) is 24.3 Å². The van der Waals surface area contributed by atoms with Gasteiger partial charge in [0.15, 0.2) is 12.2 Å². The van der Waals surface area contributed by atoms with Crippen LogP contribution in [0, 0.1) is 11.8 Å². The van der Waals surface area contributed by atoms with Crippen LogP contribution in [0.25, 0.3) is 0 Å². The molecule has 3 N–H and O–H groups in total. The summed E-state index contributed by atoms with van der Waals surface area (Å²) in [4.78, 5) is 72.7. The van der Waals surface area contributed by atoms with E-state index in [-0.39, 0.29) is 25.7 Å². The van der Waals surface area contributed by atoms with Gasteiger partial charge in [-0.2, -0.15) is 0 Å². The molecule has 0 aromatic carbocycles. The summed E-state index contributed by atoms with van der Waals surface area (Å²) in [5.41, 5.74) is 0. The van der Waals surface area contributed by atoms with Crippen LogP contribution in [0.3, 0.4) is 0 Å². The van der Waals surface area contributed by atoms with Crippen molar-refractivity contribution in [2.45, 2.75) is 394 Å². The number of carbonyl (C=O) groups is 4. The molecule has 0 bridgehead atoms. The smallest absolute Gasteiger partial charge is 0.462 e. The highest BCUT2D eigenvalue weighted by Crippen LogP contribution is 2.45. The van der Waals surface area contributed by atoms with Gasteiger partial charge in [-0.05, 0) is 63.2 Å². The van der Waals surface area contributed by atoms with E-state index in [4.69, 9.17) is 37.0 Å². The van der Waals surface area contributed by atoms with Crippen LogP contribution in [0.4, 0.5) is 0 Å². The van der Waals surface area contributed by atoms with E-state index in [0.717, 1.165) is 116 Å². The Labute approximate surface area is 586 Å². The number of ether oxygens (including phenoxy) is 4. The van der Waals surface area contributed by atoms with Gasteiger partial charge in [-0.1, -0.05) is 323 Å². The Bertz CT molecular complexity index is 1950. The number of aliphatic hydroxyl groups is 1. The Morgan fingerprint density at radius 1 is 0.323 bits per heavy atom. The van der Waals surface area contributed by atoms with E-state index in [0.29, 0.717) is 37.5 Å². The summed E-state index contributed by atoms with van der Waals surface area (Å²) in [5, 5.41) is 10.6. The SMILES string of the molecule is CCCCCC/C=C\C=C/CCCCCCCC(=O)OC[C@H](COP(=O)(O)OC[C@@H](O)COP(=O)(O)OC[C@@H](COC(=O)CCCCCCCCCC(C)C)OC(=O)CCCCCCCCCC(C)C)OC(=O)CCCCCCCCCCCCCCCCCCCCCCC. The van der Waals surface area contributed by atoms with Crippen molar-refractivity contribution < 1.29 is 80.2 Å². The van der Waals surface area contributed by atoms with Crippen molar-refractivity contribution in [3.63, 3.8) is 0 Å². The maximum atomic E-state index is 13.1. The fourth-order valence-corrected chi connectivity index (χ4v) is 12.9. The number of phosphoric acid groups is 2. The van der Waals surface area contributed by atoms with Gasteiger partial charge in [0, 0.05) is 25.7 Å². The summed E-state index contributed by atoms with van der Waals surface area (Å²) in [6.07, 6.45) is 59.5. The van der Waals surface area contributed by atoms with E-state index in [1.807, 2.05) is 0 Å². The molecule has 0 radical (unpaired) electrons. The number of unbranched alkanes of at least 4 members (excludes halogenated alkanes) is 41. The molecule has 0 saturated heterocycles. The lowest BCUT2D eigenvalue weighted by atomic mass is 10.0. The van der Waals surface area contributed by atoms with E-state index < -0.39 is 97.5 Å². The largest absolute Gasteiger partial charge is 0.472 e. The summed E-state index contributed by atoms with van der Waals surface area (Å²) < 4.78 is 68.4. The topological polar surface area (TPSA) is 237 Å². The third kappa shape index (κ3) is 70.0. The first-order chi connectivity index (χ1) is 46.4. The van der Waals surface area contributed by atoms with Gasteiger partial charge in [0.2, 0.25) is 0 Å². The predicted octanol–water partition coefficient (Wildman–Crippen LogP) is 22.3. The Morgan fingerprint density at radius 3 is 0.854 bits per heavy atom. The Morgan fingerprint density at radius 2 is 0.562 bits per heavy atom. The molecule has 0 saturated carbocycles. The number of esters is 4. The molecule has 0 aromatic rings. The van der Waals surface area contributed by atoms with Crippen LogP contribution in [0.1, 0.15) is 375 Å². The highest BCUT2D eigenvalue weighted by molar-refractivity contribution is 7.47.